The topological polar surface area (TPSA) is 56.8 Å². The van der Waals surface area contributed by atoms with Crippen molar-refractivity contribution in [3.63, 3.8) is 0 Å². The lowest BCUT2D eigenvalue weighted by Crippen LogP contribution is -2.18. The molecule has 0 saturated heterocycles. The highest BCUT2D eigenvalue weighted by Gasteiger charge is 2.02. The average Bonchev–Trinajstić information content (AvgIpc) is 2.42. The van der Waals surface area contributed by atoms with Gasteiger partial charge in [0.05, 0.1) is 19.8 Å². The first-order chi connectivity index (χ1) is 9.26. The van der Waals surface area contributed by atoms with Gasteiger partial charge in [0.15, 0.2) is 0 Å². The predicted molar refractivity (Wildman–Crippen MR) is 73.1 cm³/mol. The molecule has 0 aliphatic heterocycles. The van der Waals surface area contributed by atoms with Gasteiger partial charge in [-0.1, -0.05) is 12.1 Å². The van der Waals surface area contributed by atoms with E-state index in [0.29, 0.717) is 26.4 Å². The maximum atomic E-state index is 11.5. The second kappa shape index (κ2) is 9.49. The summed E-state index contributed by atoms with van der Waals surface area (Å²) >= 11 is 0. The largest absolute Gasteiger partial charge is 0.382 e. The van der Waals surface area contributed by atoms with Gasteiger partial charge in [-0.05, 0) is 24.6 Å². The minimum absolute atomic E-state index is 0.0745. The van der Waals surface area contributed by atoms with Gasteiger partial charge in [0.2, 0.25) is 5.91 Å². The van der Waals surface area contributed by atoms with E-state index in [9.17, 15) is 4.79 Å². The Bertz CT molecular complexity index is 381. The maximum Gasteiger partial charge on any atom is 0.250 e. The van der Waals surface area contributed by atoms with E-state index in [4.69, 9.17) is 14.2 Å². The van der Waals surface area contributed by atoms with Crippen LogP contribution >= 0.6 is 0 Å². The molecule has 0 spiro atoms. The van der Waals surface area contributed by atoms with Crippen LogP contribution in [0.4, 0.5) is 5.69 Å². The molecule has 1 amide bonds. The summed E-state index contributed by atoms with van der Waals surface area (Å²) in [6.07, 6.45) is 0. The lowest BCUT2D eigenvalue weighted by atomic mass is 10.2. The number of anilines is 1. The number of amides is 1. The molecular formula is C14H21NO4. The second-order valence-corrected chi connectivity index (χ2v) is 3.93. The van der Waals surface area contributed by atoms with Gasteiger partial charge in [0.1, 0.15) is 6.61 Å². The Kier molecular flexibility index (Phi) is 7.81. The van der Waals surface area contributed by atoms with Crippen LogP contribution in [0.3, 0.4) is 0 Å². The molecule has 0 unspecified atom stereocenters. The van der Waals surface area contributed by atoms with Crippen molar-refractivity contribution in [2.24, 2.45) is 0 Å². The smallest absolute Gasteiger partial charge is 0.250 e. The Hall–Kier alpha value is -1.43. The van der Waals surface area contributed by atoms with Gasteiger partial charge >= 0.3 is 0 Å². The van der Waals surface area contributed by atoms with E-state index < -0.39 is 0 Å². The third-order valence-electron chi connectivity index (χ3n) is 2.35. The molecule has 0 aliphatic rings. The summed E-state index contributed by atoms with van der Waals surface area (Å²) in [6.45, 7) is 4.08. The minimum atomic E-state index is -0.153. The normalized spacial score (nSPS) is 10.4. The molecule has 0 saturated carbocycles. The molecule has 0 bridgehead atoms. The first kappa shape index (κ1) is 15.6. The van der Waals surface area contributed by atoms with E-state index in [2.05, 4.69) is 5.32 Å². The molecule has 0 heterocycles. The predicted octanol–water partition coefficient (Wildman–Crippen LogP) is 1.82. The highest BCUT2D eigenvalue weighted by atomic mass is 16.5. The fourth-order valence-electron chi connectivity index (χ4n) is 1.46. The summed E-state index contributed by atoms with van der Waals surface area (Å²) < 4.78 is 15.4. The van der Waals surface area contributed by atoms with E-state index in [1.807, 2.05) is 31.2 Å². The fraction of sp³-hybridized carbons (Fsp3) is 0.500. The number of ether oxygens (including phenoxy) is 3. The molecule has 5 nitrogen and oxygen atoms in total. The first-order valence-electron chi connectivity index (χ1n) is 6.29. The van der Waals surface area contributed by atoms with Crippen LogP contribution in [0.15, 0.2) is 24.3 Å². The minimum Gasteiger partial charge on any atom is -0.382 e. The van der Waals surface area contributed by atoms with Gasteiger partial charge in [0.25, 0.3) is 0 Å². The summed E-state index contributed by atoms with van der Waals surface area (Å²) in [4.78, 5) is 11.5. The van der Waals surface area contributed by atoms with Crippen LogP contribution in [0.25, 0.3) is 0 Å². The number of carbonyl (C=O) groups excluding carboxylic acids is 1. The molecule has 1 N–H and O–H groups in total. The summed E-state index contributed by atoms with van der Waals surface area (Å²) in [7, 11) is 1.64. The van der Waals surface area contributed by atoms with Crippen molar-refractivity contribution in [3.05, 3.63) is 29.8 Å². The lowest BCUT2D eigenvalue weighted by molar-refractivity contribution is -0.120. The van der Waals surface area contributed by atoms with Gasteiger partial charge in [-0.15, -0.1) is 0 Å². The van der Waals surface area contributed by atoms with Crippen molar-refractivity contribution in [2.75, 3.05) is 38.9 Å². The Morgan fingerprint density at radius 1 is 1.26 bits per heavy atom. The summed E-state index contributed by atoms with van der Waals surface area (Å²) in [5.74, 6) is -0.153. The number of nitrogens with one attached hydrogen (secondary N) is 1. The number of carbonyl (C=O) groups is 1. The summed E-state index contributed by atoms with van der Waals surface area (Å²) in [5.41, 5.74) is 1.75. The molecular weight excluding hydrogens is 246 g/mol. The van der Waals surface area contributed by atoms with Gasteiger partial charge < -0.3 is 19.5 Å². The number of methoxy groups -OCH3 is 1. The quantitative estimate of drug-likeness (QED) is 0.693. The molecule has 0 aliphatic carbocycles. The molecule has 106 valence electrons. The molecule has 1 rings (SSSR count). The van der Waals surface area contributed by atoms with Gasteiger partial charge in [-0.25, -0.2) is 0 Å². The average molecular weight is 267 g/mol. The monoisotopic (exact) mass is 267 g/mol. The zero-order valence-electron chi connectivity index (χ0n) is 11.5. The Morgan fingerprint density at radius 3 is 2.84 bits per heavy atom. The highest BCUT2D eigenvalue weighted by Crippen LogP contribution is 2.11. The van der Waals surface area contributed by atoms with Gasteiger partial charge in [0, 0.05) is 19.4 Å². The van der Waals surface area contributed by atoms with Crippen molar-refractivity contribution < 1.29 is 19.0 Å². The van der Waals surface area contributed by atoms with Crippen LogP contribution in [0, 0.1) is 0 Å². The Balaban J connectivity index is 2.40. The molecule has 1 aromatic rings. The molecule has 19 heavy (non-hydrogen) atoms. The van der Waals surface area contributed by atoms with Crippen LogP contribution in [-0.4, -0.2) is 39.4 Å². The highest BCUT2D eigenvalue weighted by molar-refractivity contribution is 5.91. The van der Waals surface area contributed by atoms with Crippen LogP contribution < -0.4 is 5.32 Å². The first-order valence-corrected chi connectivity index (χ1v) is 6.29. The number of hydrogen-bond donors (Lipinski definition) is 1. The Labute approximate surface area is 113 Å². The van der Waals surface area contributed by atoms with Gasteiger partial charge in [-0.3, -0.25) is 4.79 Å². The fourth-order valence-corrected chi connectivity index (χ4v) is 1.46. The van der Waals surface area contributed by atoms with Crippen LogP contribution in [0.1, 0.15) is 12.5 Å². The zero-order valence-corrected chi connectivity index (χ0v) is 11.5. The van der Waals surface area contributed by atoms with E-state index >= 15 is 0 Å². The summed E-state index contributed by atoms with van der Waals surface area (Å²) in [5, 5.41) is 2.77. The van der Waals surface area contributed by atoms with Crippen molar-refractivity contribution >= 4 is 11.6 Å². The molecule has 0 atom stereocenters. The van der Waals surface area contributed by atoms with Crippen LogP contribution in [0.5, 0.6) is 0 Å². The molecule has 0 aromatic heterocycles. The zero-order chi connectivity index (χ0) is 13.9. The van der Waals surface area contributed by atoms with E-state index in [1.165, 1.54) is 0 Å². The second-order valence-electron chi connectivity index (χ2n) is 3.93. The van der Waals surface area contributed by atoms with Crippen molar-refractivity contribution in [3.8, 4) is 0 Å². The molecule has 0 radical (unpaired) electrons. The van der Waals surface area contributed by atoms with Crippen LogP contribution in [-0.2, 0) is 25.6 Å². The standard InChI is InChI=1S/C14H21NO4/c1-3-18-11-14(16)15-13-6-4-5-12(9-13)10-19-8-7-17-2/h4-6,9H,3,7-8,10-11H2,1-2H3,(H,15,16). The van der Waals surface area contributed by atoms with Crippen molar-refractivity contribution in [2.45, 2.75) is 13.5 Å². The molecule has 1 aromatic carbocycles. The number of hydrogen-bond acceptors (Lipinski definition) is 4. The lowest BCUT2D eigenvalue weighted by Gasteiger charge is -2.08. The van der Waals surface area contributed by atoms with Gasteiger partial charge in [-0.2, -0.15) is 0 Å². The van der Waals surface area contributed by atoms with E-state index in [1.54, 1.807) is 7.11 Å². The van der Waals surface area contributed by atoms with Crippen molar-refractivity contribution in [1.29, 1.82) is 0 Å². The van der Waals surface area contributed by atoms with E-state index in [0.717, 1.165) is 11.3 Å². The van der Waals surface area contributed by atoms with Crippen molar-refractivity contribution in [1.82, 2.24) is 0 Å². The summed E-state index contributed by atoms with van der Waals surface area (Å²) in [6, 6.07) is 7.55. The van der Waals surface area contributed by atoms with Crippen LogP contribution in [0.2, 0.25) is 0 Å². The molecule has 5 heteroatoms. The third-order valence-corrected chi connectivity index (χ3v) is 2.35. The Morgan fingerprint density at radius 2 is 2.11 bits per heavy atom. The SMILES string of the molecule is CCOCC(=O)Nc1cccc(COCCOC)c1. The molecule has 0 fully saturated rings. The van der Waals surface area contributed by atoms with E-state index in [-0.39, 0.29) is 12.5 Å². The number of rotatable bonds is 9. The maximum absolute atomic E-state index is 11.5. The third kappa shape index (κ3) is 6.91. The number of benzene rings is 1.